The fourth-order valence-corrected chi connectivity index (χ4v) is 12.5. The third-order valence-corrected chi connectivity index (χ3v) is 15.0. The molecule has 1 unspecified atom stereocenters. The predicted molar refractivity (Wildman–Crippen MR) is 264 cm³/mol. The number of thioether (sulfide) groups is 1. The van der Waals surface area contributed by atoms with E-state index >= 15 is 0 Å². The van der Waals surface area contributed by atoms with Gasteiger partial charge in [0.25, 0.3) is 0 Å². The molecule has 3 aromatic heterocycles. The molecule has 0 saturated carbocycles. The van der Waals surface area contributed by atoms with E-state index in [2.05, 4.69) is 209 Å². The Morgan fingerprint density at radius 1 is 0.540 bits per heavy atom. The number of allylic oxidation sites excluding steroid dienone is 1. The Morgan fingerprint density at radius 3 is 1.89 bits per heavy atom. The monoisotopic (exact) mass is 822 g/mol. The second-order valence-corrected chi connectivity index (χ2v) is 18.3. The maximum atomic E-state index is 5.60. The lowest BCUT2D eigenvalue weighted by Crippen LogP contribution is -2.14. The molecular weight excluding hydrogens is 785 g/mol. The third-order valence-electron chi connectivity index (χ3n) is 13.7. The number of para-hydroxylation sites is 2. The second kappa shape index (κ2) is 13.5. The fourth-order valence-electron chi connectivity index (χ4n) is 11.0. The quantitative estimate of drug-likeness (QED) is 0.177. The molecule has 63 heavy (non-hydrogen) atoms. The van der Waals surface area contributed by atoms with Gasteiger partial charge in [-0.15, -0.1) is 11.8 Å². The summed E-state index contributed by atoms with van der Waals surface area (Å²) in [6.07, 6.45) is 10.4. The zero-order chi connectivity index (χ0) is 41.2. The van der Waals surface area contributed by atoms with Gasteiger partial charge in [0.15, 0.2) is 0 Å². The van der Waals surface area contributed by atoms with Crippen LogP contribution >= 0.6 is 11.8 Å². The molecule has 5 heteroatoms. The van der Waals surface area contributed by atoms with Gasteiger partial charge >= 0.3 is 0 Å². The first-order chi connectivity index (χ1) is 31.3. The number of nitrogens with zero attached hydrogens (tertiary/aromatic N) is 4. The van der Waals surface area contributed by atoms with Gasteiger partial charge in [-0.05, 0) is 75.7 Å². The molecule has 0 amide bonds. The van der Waals surface area contributed by atoms with Gasteiger partial charge in [-0.1, -0.05) is 158 Å². The Labute approximate surface area is 368 Å². The molecule has 8 aromatic carbocycles. The van der Waals surface area contributed by atoms with Crippen LogP contribution < -0.4 is 0 Å². The highest BCUT2D eigenvalue weighted by Gasteiger charge is 2.39. The molecule has 2 aliphatic carbocycles. The molecule has 0 fully saturated rings. The number of hydrogen-bond donors (Lipinski definition) is 0. The molecule has 0 spiro atoms. The number of fused-ring (bicyclic) bond motifs is 15. The Bertz CT molecular complexity index is 3700. The maximum Gasteiger partial charge on any atom is 0.235 e. The van der Waals surface area contributed by atoms with Gasteiger partial charge in [-0.25, -0.2) is 9.97 Å². The third kappa shape index (κ3) is 5.11. The number of benzene rings is 8. The minimum atomic E-state index is 0.287. The van der Waals surface area contributed by atoms with Crippen LogP contribution in [-0.2, 0) is 12.8 Å². The average molecular weight is 823 g/mol. The molecule has 4 nitrogen and oxygen atoms in total. The highest BCUT2D eigenvalue weighted by Crippen LogP contribution is 2.57. The molecule has 0 bridgehead atoms. The van der Waals surface area contributed by atoms with Crippen LogP contribution in [0.2, 0.25) is 0 Å². The van der Waals surface area contributed by atoms with Crippen LogP contribution in [0.25, 0.3) is 106 Å². The summed E-state index contributed by atoms with van der Waals surface area (Å²) in [5.74, 6) is 0.669. The largest absolute Gasteiger partial charge is 0.317 e. The van der Waals surface area contributed by atoms with Crippen molar-refractivity contribution in [3.05, 3.63) is 204 Å². The first-order valence-electron chi connectivity index (χ1n) is 22.0. The maximum absolute atomic E-state index is 5.60. The van der Waals surface area contributed by atoms with Crippen LogP contribution in [-0.4, -0.2) is 24.4 Å². The van der Waals surface area contributed by atoms with Gasteiger partial charge in [-0.2, -0.15) is 0 Å². The normalized spacial score (nSPS) is 15.2. The lowest BCUT2D eigenvalue weighted by molar-refractivity contribution is 0.822. The average Bonchev–Trinajstić information content (AvgIpc) is 4.01. The molecule has 1 atom stereocenters. The van der Waals surface area contributed by atoms with Crippen LogP contribution in [0.1, 0.15) is 34.5 Å². The van der Waals surface area contributed by atoms with Crippen molar-refractivity contribution in [2.75, 3.05) is 0 Å². The summed E-state index contributed by atoms with van der Waals surface area (Å²) in [6.45, 7) is 0. The summed E-state index contributed by atoms with van der Waals surface area (Å²) in [4.78, 5) is 12.6. The van der Waals surface area contributed by atoms with E-state index in [4.69, 9.17) is 9.97 Å². The highest BCUT2D eigenvalue weighted by molar-refractivity contribution is 8.01. The molecule has 0 N–H and O–H groups in total. The SMILES string of the molecule is C1=Cc2c3c(n(-c4ccccc4)c2CC1)CC1Sc2c(c4ccccc4c4c2c2ccccc2n4-c2nc(-c4cccc5ccccc45)cc(-c4cccc5ccccc45)n2)C1=C3. The summed E-state index contributed by atoms with van der Waals surface area (Å²) in [5.41, 5.74) is 15.9. The molecular formula is C58H38N4S. The topological polar surface area (TPSA) is 35.6 Å². The summed E-state index contributed by atoms with van der Waals surface area (Å²) >= 11 is 2.05. The van der Waals surface area contributed by atoms with Crippen LogP contribution in [0, 0.1) is 0 Å². The van der Waals surface area contributed by atoms with E-state index in [-0.39, 0.29) is 5.25 Å². The summed E-state index contributed by atoms with van der Waals surface area (Å²) < 4.78 is 4.95. The fraction of sp³-hybridized carbons (Fsp3) is 0.0690. The van der Waals surface area contributed by atoms with Crippen molar-refractivity contribution in [1.29, 1.82) is 0 Å². The Hall–Kier alpha value is -7.47. The standard InChI is InChI=1S/C58H38N4S/c1-2-20-37(21-3-1)61-50-30-12-10-24-42(50)46-32-47-53(34-52(46)61)63-57-54(47)43-25-8-9-26-44(43)56-55(57)45-27-11-13-31-51(45)62(56)58-59-48(40-28-14-18-35-16-4-6-22-38(35)40)33-49(60-58)41-29-15-19-36-17-5-7-23-39(36)41/h1-11,13-29,31-33,53H,12,30,34H2. The summed E-state index contributed by atoms with van der Waals surface area (Å²) in [7, 11) is 0. The van der Waals surface area contributed by atoms with Crippen LogP contribution in [0.4, 0.5) is 0 Å². The predicted octanol–water partition coefficient (Wildman–Crippen LogP) is 14.7. The first kappa shape index (κ1) is 35.2. The van der Waals surface area contributed by atoms with E-state index in [9.17, 15) is 0 Å². The van der Waals surface area contributed by atoms with Crippen molar-refractivity contribution in [3.8, 4) is 34.2 Å². The zero-order valence-electron chi connectivity index (χ0n) is 34.3. The van der Waals surface area contributed by atoms with E-state index in [0.717, 1.165) is 52.8 Å². The number of hydrogen-bond acceptors (Lipinski definition) is 3. The van der Waals surface area contributed by atoms with Crippen molar-refractivity contribution >= 4 is 83.6 Å². The second-order valence-electron chi connectivity index (χ2n) is 17.1. The first-order valence-corrected chi connectivity index (χ1v) is 22.9. The molecule has 14 rings (SSSR count). The van der Waals surface area contributed by atoms with Gasteiger partial charge in [0.05, 0.1) is 22.4 Å². The summed E-state index contributed by atoms with van der Waals surface area (Å²) in [5, 5.41) is 10.00. The zero-order valence-corrected chi connectivity index (χ0v) is 35.1. The molecule has 0 saturated heterocycles. The van der Waals surface area contributed by atoms with E-state index in [1.165, 1.54) is 87.3 Å². The van der Waals surface area contributed by atoms with Gasteiger partial charge in [0.2, 0.25) is 5.95 Å². The van der Waals surface area contributed by atoms with E-state index in [0.29, 0.717) is 5.95 Å². The van der Waals surface area contributed by atoms with Gasteiger partial charge in [-0.3, -0.25) is 4.57 Å². The number of rotatable bonds is 4. The minimum absolute atomic E-state index is 0.287. The van der Waals surface area contributed by atoms with Crippen LogP contribution in [0.15, 0.2) is 181 Å². The Kier molecular flexibility index (Phi) is 7.54. The van der Waals surface area contributed by atoms with Crippen molar-refractivity contribution < 1.29 is 0 Å². The van der Waals surface area contributed by atoms with Crippen molar-refractivity contribution in [1.82, 2.24) is 19.1 Å². The van der Waals surface area contributed by atoms with E-state index in [1.807, 2.05) is 0 Å². The smallest absolute Gasteiger partial charge is 0.235 e. The van der Waals surface area contributed by atoms with Crippen molar-refractivity contribution in [3.63, 3.8) is 0 Å². The van der Waals surface area contributed by atoms with Crippen molar-refractivity contribution in [2.45, 2.75) is 29.4 Å². The lowest BCUT2D eigenvalue weighted by atomic mass is 9.86. The molecule has 296 valence electrons. The lowest BCUT2D eigenvalue weighted by Gasteiger charge is -2.21. The van der Waals surface area contributed by atoms with Gasteiger partial charge < -0.3 is 4.57 Å². The molecule has 1 aliphatic heterocycles. The molecule has 0 radical (unpaired) electrons. The highest BCUT2D eigenvalue weighted by atomic mass is 32.2. The van der Waals surface area contributed by atoms with Gasteiger partial charge in [0.1, 0.15) is 0 Å². The van der Waals surface area contributed by atoms with E-state index in [1.54, 1.807) is 0 Å². The Morgan fingerprint density at radius 2 is 1.16 bits per heavy atom. The summed E-state index contributed by atoms with van der Waals surface area (Å²) in [6, 6.07) is 61.4. The van der Waals surface area contributed by atoms with Crippen LogP contribution in [0.3, 0.4) is 0 Å². The van der Waals surface area contributed by atoms with E-state index < -0.39 is 0 Å². The number of aromatic nitrogens is 4. The minimum Gasteiger partial charge on any atom is -0.317 e. The van der Waals surface area contributed by atoms with Crippen molar-refractivity contribution in [2.24, 2.45) is 0 Å². The van der Waals surface area contributed by atoms with Gasteiger partial charge in [0, 0.05) is 77.6 Å². The molecule has 3 aliphatic rings. The molecule has 11 aromatic rings. The molecule has 4 heterocycles. The Balaban J connectivity index is 1.06. The van der Waals surface area contributed by atoms with Crippen LogP contribution in [0.5, 0.6) is 0 Å².